The predicted octanol–water partition coefficient (Wildman–Crippen LogP) is 3.64. The second-order valence-electron chi connectivity index (χ2n) is 3.71. The molecular weight excluding hydrogens is 303 g/mol. The lowest BCUT2D eigenvalue weighted by molar-refractivity contribution is 0.613. The van der Waals surface area contributed by atoms with Crippen LogP contribution in [0.5, 0.6) is 0 Å². The highest BCUT2D eigenvalue weighted by Crippen LogP contribution is 2.16. The molecule has 2 rings (SSSR count). The molecule has 0 amide bonds. The van der Waals surface area contributed by atoms with Crippen molar-refractivity contribution < 1.29 is 4.39 Å². The number of hydrogen-bond donors (Lipinski definition) is 1. The van der Waals surface area contributed by atoms with Gasteiger partial charge in [0.05, 0.1) is 15.2 Å². The highest BCUT2D eigenvalue weighted by Gasteiger charge is 2.01. The summed E-state index contributed by atoms with van der Waals surface area (Å²) in [5.74, 6) is -0.228. The van der Waals surface area contributed by atoms with Crippen LogP contribution in [0.2, 0.25) is 0 Å². The standard InChI is InChI=1S/C12H12BrFN2S/c1-8-16-10(7-17-8)6-15-5-9-2-3-11(13)12(14)4-9/h2-4,7,15H,5-6H2,1H3. The van der Waals surface area contributed by atoms with Crippen LogP contribution in [-0.4, -0.2) is 4.98 Å². The zero-order valence-electron chi connectivity index (χ0n) is 9.34. The normalized spacial score (nSPS) is 10.8. The van der Waals surface area contributed by atoms with Crippen molar-refractivity contribution in [3.8, 4) is 0 Å². The van der Waals surface area contributed by atoms with Crippen molar-refractivity contribution in [2.75, 3.05) is 0 Å². The van der Waals surface area contributed by atoms with Crippen molar-refractivity contribution in [3.63, 3.8) is 0 Å². The fourth-order valence-electron chi connectivity index (χ4n) is 1.47. The summed E-state index contributed by atoms with van der Waals surface area (Å²) in [5, 5.41) is 6.34. The van der Waals surface area contributed by atoms with Crippen LogP contribution in [0.1, 0.15) is 16.3 Å². The first kappa shape index (κ1) is 12.7. The molecule has 2 nitrogen and oxygen atoms in total. The zero-order valence-corrected chi connectivity index (χ0v) is 11.7. The van der Waals surface area contributed by atoms with Gasteiger partial charge in [-0.25, -0.2) is 9.37 Å². The molecule has 0 saturated heterocycles. The van der Waals surface area contributed by atoms with Gasteiger partial charge in [0.15, 0.2) is 0 Å². The van der Waals surface area contributed by atoms with E-state index in [-0.39, 0.29) is 5.82 Å². The number of nitrogens with one attached hydrogen (secondary N) is 1. The van der Waals surface area contributed by atoms with E-state index in [1.165, 1.54) is 6.07 Å². The van der Waals surface area contributed by atoms with Gasteiger partial charge in [-0.05, 0) is 40.5 Å². The van der Waals surface area contributed by atoms with Crippen molar-refractivity contribution in [1.82, 2.24) is 10.3 Å². The average Bonchev–Trinajstić information content (AvgIpc) is 2.70. The number of thiazole rings is 1. The van der Waals surface area contributed by atoms with Gasteiger partial charge in [-0.1, -0.05) is 6.07 Å². The molecule has 0 bridgehead atoms. The third kappa shape index (κ3) is 3.59. The van der Waals surface area contributed by atoms with E-state index in [0.717, 1.165) is 16.3 Å². The maximum Gasteiger partial charge on any atom is 0.137 e. The highest BCUT2D eigenvalue weighted by atomic mass is 79.9. The Labute approximate surface area is 112 Å². The summed E-state index contributed by atoms with van der Waals surface area (Å²) in [6.07, 6.45) is 0. The summed E-state index contributed by atoms with van der Waals surface area (Å²) in [5.41, 5.74) is 1.96. The third-order valence-corrected chi connectivity index (χ3v) is 3.75. The van der Waals surface area contributed by atoms with Gasteiger partial charge >= 0.3 is 0 Å². The minimum Gasteiger partial charge on any atom is -0.307 e. The molecule has 1 aromatic heterocycles. The van der Waals surface area contributed by atoms with Gasteiger partial charge in [0.1, 0.15) is 5.82 Å². The largest absolute Gasteiger partial charge is 0.307 e. The Balaban J connectivity index is 1.87. The molecule has 17 heavy (non-hydrogen) atoms. The van der Waals surface area contributed by atoms with Gasteiger partial charge in [0, 0.05) is 18.5 Å². The number of hydrogen-bond acceptors (Lipinski definition) is 3. The summed E-state index contributed by atoms with van der Waals surface area (Å²) in [6, 6.07) is 5.15. The molecule has 0 spiro atoms. The molecule has 90 valence electrons. The summed E-state index contributed by atoms with van der Waals surface area (Å²) in [6.45, 7) is 3.33. The second kappa shape index (κ2) is 5.71. The van der Waals surface area contributed by atoms with Crippen molar-refractivity contribution >= 4 is 27.3 Å². The smallest absolute Gasteiger partial charge is 0.137 e. The molecule has 0 aliphatic carbocycles. The van der Waals surface area contributed by atoms with E-state index in [2.05, 4.69) is 26.2 Å². The zero-order chi connectivity index (χ0) is 12.3. The molecule has 0 aliphatic heterocycles. The number of aryl methyl sites for hydroxylation is 1. The fourth-order valence-corrected chi connectivity index (χ4v) is 2.33. The van der Waals surface area contributed by atoms with E-state index in [1.807, 2.05) is 18.4 Å². The van der Waals surface area contributed by atoms with Gasteiger partial charge in [0.25, 0.3) is 0 Å². The van der Waals surface area contributed by atoms with Gasteiger partial charge in [-0.3, -0.25) is 0 Å². The van der Waals surface area contributed by atoms with Gasteiger partial charge in [0.2, 0.25) is 0 Å². The third-order valence-electron chi connectivity index (χ3n) is 2.29. The quantitative estimate of drug-likeness (QED) is 0.932. The van der Waals surface area contributed by atoms with E-state index in [9.17, 15) is 4.39 Å². The first-order chi connectivity index (χ1) is 8.15. The van der Waals surface area contributed by atoms with E-state index in [4.69, 9.17) is 0 Å². The maximum absolute atomic E-state index is 13.2. The van der Waals surface area contributed by atoms with Crippen LogP contribution in [0, 0.1) is 12.7 Å². The Morgan fingerprint density at radius 1 is 1.41 bits per heavy atom. The fraction of sp³-hybridized carbons (Fsp3) is 0.250. The Kier molecular flexibility index (Phi) is 4.25. The highest BCUT2D eigenvalue weighted by molar-refractivity contribution is 9.10. The first-order valence-corrected chi connectivity index (χ1v) is 6.88. The number of halogens is 2. The molecule has 0 unspecified atom stereocenters. The topological polar surface area (TPSA) is 24.9 Å². The van der Waals surface area contributed by atoms with Gasteiger partial charge in [-0.2, -0.15) is 0 Å². The first-order valence-electron chi connectivity index (χ1n) is 5.21. The Bertz CT molecular complexity index is 513. The second-order valence-corrected chi connectivity index (χ2v) is 5.63. The Morgan fingerprint density at radius 3 is 2.88 bits per heavy atom. The van der Waals surface area contributed by atoms with Crippen LogP contribution in [0.25, 0.3) is 0 Å². The van der Waals surface area contributed by atoms with Crippen LogP contribution in [-0.2, 0) is 13.1 Å². The molecule has 0 radical (unpaired) electrons. The van der Waals surface area contributed by atoms with Crippen LogP contribution >= 0.6 is 27.3 Å². The van der Waals surface area contributed by atoms with E-state index in [1.54, 1.807) is 17.4 Å². The van der Waals surface area contributed by atoms with E-state index < -0.39 is 0 Å². The molecule has 0 aliphatic rings. The number of rotatable bonds is 4. The lowest BCUT2D eigenvalue weighted by Crippen LogP contribution is -2.13. The van der Waals surface area contributed by atoms with Crippen molar-refractivity contribution in [2.24, 2.45) is 0 Å². The molecule has 2 aromatic rings. The molecule has 1 aromatic carbocycles. The van der Waals surface area contributed by atoms with Gasteiger partial charge < -0.3 is 5.32 Å². The van der Waals surface area contributed by atoms with Gasteiger partial charge in [-0.15, -0.1) is 11.3 Å². The summed E-state index contributed by atoms with van der Waals surface area (Å²) in [4.78, 5) is 4.35. The molecule has 0 saturated carbocycles. The molecule has 1 N–H and O–H groups in total. The van der Waals surface area contributed by atoms with Crippen molar-refractivity contribution in [2.45, 2.75) is 20.0 Å². The Morgan fingerprint density at radius 2 is 2.24 bits per heavy atom. The number of benzene rings is 1. The summed E-state index contributed by atoms with van der Waals surface area (Å²) < 4.78 is 13.7. The lowest BCUT2D eigenvalue weighted by atomic mass is 10.2. The van der Waals surface area contributed by atoms with E-state index >= 15 is 0 Å². The van der Waals surface area contributed by atoms with E-state index in [0.29, 0.717) is 17.6 Å². The summed E-state index contributed by atoms with van der Waals surface area (Å²) in [7, 11) is 0. The van der Waals surface area contributed by atoms with Crippen LogP contribution in [0.3, 0.4) is 0 Å². The van der Waals surface area contributed by atoms with Crippen LogP contribution < -0.4 is 5.32 Å². The predicted molar refractivity (Wildman–Crippen MR) is 71.5 cm³/mol. The number of nitrogens with zero attached hydrogens (tertiary/aromatic N) is 1. The molecule has 0 fully saturated rings. The number of aromatic nitrogens is 1. The van der Waals surface area contributed by atoms with Crippen molar-refractivity contribution in [1.29, 1.82) is 0 Å². The molecule has 1 heterocycles. The molecular formula is C12H12BrFN2S. The Hall–Kier alpha value is -0.780. The molecule has 5 heteroatoms. The summed E-state index contributed by atoms with van der Waals surface area (Å²) >= 11 is 4.77. The average molecular weight is 315 g/mol. The van der Waals surface area contributed by atoms with Crippen LogP contribution in [0.15, 0.2) is 28.1 Å². The van der Waals surface area contributed by atoms with Crippen molar-refractivity contribution in [3.05, 3.63) is 50.1 Å². The van der Waals surface area contributed by atoms with Crippen LogP contribution in [0.4, 0.5) is 4.39 Å². The minimum atomic E-state index is -0.228. The maximum atomic E-state index is 13.2. The lowest BCUT2D eigenvalue weighted by Gasteiger charge is -2.04. The minimum absolute atomic E-state index is 0.228. The SMILES string of the molecule is Cc1nc(CNCc2ccc(Br)c(F)c2)cs1. The molecule has 0 atom stereocenters. The monoisotopic (exact) mass is 314 g/mol.